The molecular formula is C16H16F3NO3. The molecule has 0 bridgehead atoms. The first-order chi connectivity index (χ1) is 10.8. The van der Waals surface area contributed by atoms with Crippen molar-refractivity contribution in [1.82, 2.24) is 0 Å². The first kappa shape index (κ1) is 17.1. The molecule has 1 atom stereocenters. The summed E-state index contributed by atoms with van der Waals surface area (Å²) < 4.78 is 46.0. The van der Waals surface area contributed by atoms with Crippen LogP contribution < -0.4 is 4.74 Å². The van der Waals surface area contributed by atoms with Crippen LogP contribution in [0.15, 0.2) is 24.3 Å². The zero-order valence-corrected chi connectivity index (χ0v) is 12.5. The standard InChI is InChI=1S/C16H16F3NO3/c1-2-22-14(21)13(10-20)15(7-4-8-15)11-5-3-6-12(9-11)23-16(17,18)19/h3,5-6,9,13H,2,4,7-8H2,1H3. The van der Waals surface area contributed by atoms with E-state index in [0.29, 0.717) is 18.4 Å². The number of hydrogen-bond donors (Lipinski definition) is 0. The fraction of sp³-hybridized carbons (Fsp3) is 0.500. The van der Waals surface area contributed by atoms with Crippen LogP contribution in [0.4, 0.5) is 13.2 Å². The van der Waals surface area contributed by atoms with Crippen molar-refractivity contribution in [2.75, 3.05) is 6.61 Å². The van der Waals surface area contributed by atoms with Crippen molar-refractivity contribution in [3.8, 4) is 11.8 Å². The predicted molar refractivity (Wildman–Crippen MR) is 74.4 cm³/mol. The van der Waals surface area contributed by atoms with E-state index in [1.54, 1.807) is 13.0 Å². The lowest BCUT2D eigenvalue weighted by molar-refractivity contribution is -0.274. The molecule has 124 valence electrons. The van der Waals surface area contributed by atoms with Gasteiger partial charge in [0.05, 0.1) is 12.7 Å². The van der Waals surface area contributed by atoms with Gasteiger partial charge in [-0.15, -0.1) is 13.2 Å². The summed E-state index contributed by atoms with van der Waals surface area (Å²) in [6.45, 7) is 1.78. The predicted octanol–water partition coefficient (Wildman–Crippen LogP) is 3.71. The maximum atomic E-state index is 12.4. The third-order valence-electron chi connectivity index (χ3n) is 4.09. The van der Waals surface area contributed by atoms with Crippen molar-refractivity contribution in [3.05, 3.63) is 29.8 Å². The van der Waals surface area contributed by atoms with E-state index in [1.807, 2.05) is 6.07 Å². The molecule has 0 aromatic heterocycles. The SMILES string of the molecule is CCOC(=O)C(C#N)C1(c2cccc(OC(F)(F)F)c2)CCC1. The Morgan fingerprint density at radius 3 is 2.61 bits per heavy atom. The average Bonchev–Trinajstić information content (AvgIpc) is 2.41. The molecule has 2 rings (SSSR count). The molecule has 1 aliphatic carbocycles. The lowest BCUT2D eigenvalue weighted by Crippen LogP contribution is -2.45. The van der Waals surface area contributed by atoms with Gasteiger partial charge >= 0.3 is 12.3 Å². The number of hydrogen-bond acceptors (Lipinski definition) is 4. The molecule has 1 aromatic rings. The van der Waals surface area contributed by atoms with E-state index in [1.165, 1.54) is 18.2 Å². The highest BCUT2D eigenvalue weighted by Crippen LogP contribution is 2.50. The van der Waals surface area contributed by atoms with Crippen LogP contribution in [0.5, 0.6) is 5.75 Å². The highest BCUT2D eigenvalue weighted by Gasteiger charge is 2.50. The van der Waals surface area contributed by atoms with Crippen molar-refractivity contribution in [2.45, 2.75) is 38.0 Å². The fourth-order valence-electron chi connectivity index (χ4n) is 2.93. The second-order valence-corrected chi connectivity index (χ2v) is 5.40. The molecule has 1 saturated carbocycles. The van der Waals surface area contributed by atoms with Crippen molar-refractivity contribution >= 4 is 5.97 Å². The molecule has 0 aliphatic heterocycles. The Morgan fingerprint density at radius 2 is 2.13 bits per heavy atom. The Labute approximate surface area is 131 Å². The number of alkyl halides is 3. The summed E-state index contributed by atoms with van der Waals surface area (Å²) in [6.07, 6.45) is -2.91. The van der Waals surface area contributed by atoms with E-state index in [-0.39, 0.29) is 12.4 Å². The Morgan fingerprint density at radius 1 is 1.43 bits per heavy atom. The molecule has 0 amide bonds. The lowest BCUT2D eigenvalue weighted by Gasteiger charge is -2.44. The fourth-order valence-corrected chi connectivity index (χ4v) is 2.93. The van der Waals surface area contributed by atoms with Gasteiger partial charge < -0.3 is 9.47 Å². The molecule has 1 aliphatic rings. The minimum Gasteiger partial charge on any atom is -0.465 e. The summed E-state index contributed by atoms with van der Waals surface area (Å²) in [5, 5.41) is 9.38. The van der Waals surface area contributed by atoms with Gasteiger partial charge in [0.1, 0.15) is 5.75 Å². The monoisotopic (exact) mass is 327 g/mol. The topological polar surface area (TPSA) is 59.3 Å². The molecule has 7 heteroatoms. The van der Waals surface area contributed by atoms with Crippen LogP contribution in [0.1, 0.15) is 31.7 Å². The number of carbonyl (C=O) groups excluding carboxylic acids is 1. The third-order valence-corrected chi connectivity index (χ3v) is 4.09. The average molecular weight is 327 g/mol. The molecule has 1 aromatic carbocycles. The van der Waals surface area contributed by atoms with Crippen molar-refractivity contribution in [3.63, 3.8) is 0 Å². The molecule has 4 nitrogen and oxygen atoms in total. The van der Waals surface area contributed by atoms with Crippen molar-refractivity contribution in [1.29, 1.82) is 5.26 Å². The van der Waals surface area contributed by atoms with Crippen LogP contribution in [0, 0.1) is 17.2 Å². The van der Waals surface area contributed by atoms with Gasteiger partial charge in [-0.25, -0.2) is 0 Å². The molecule has 0 spiro atoms. The number of rotatable bonds is 5. The first-order valence-corrected chi connectivity index (χ1v) is 7.25. The first-order valence-electron chi connectivity index (χ1n) is 7.25. The second kappa shape index (κ2) is 6.49. The number of halogens is 3. The number of carbonyl (C=O) groups is 1. The van der Waals surface area contributed by atoms with Gasteiger partial charge in [0.15, 0.2) is 5.92 Å². The summed E-state index contributed by atoms with van der Waals surface area (Å²) in [7, 11) is 0. The van der Waals surface area contributed by atoms with Gasteiger partial charge in [0, 0.05) is 5.41 Å². The molecule has 0 heterocycles. The van der Waals surface area contributed by atoms with E-state index in [2.05, 4.69) is 4.74 Å². The van der Waals surface area contributed by atoms with E-state index in [4.69, 9.17) is 4.74 Å². The lowest BCUT2D eigenvalue weighted by atomic mass is 9.58. The summed E-state index contributed by atoms with van der Waals surface area (Å²) >= 11 is 0. The summed E-state index contributed by atoms with van der Waals surface area (Å²) in [5.41, 5.74) is -0.323. The van der Waals surface area contributed by atoms with Gasteiger partial charge in [-0.2, -0.15) is 5.26 Å². The van der Waals surface area contributed by atoms with Crippen LogP contribution in [0.2, 0.25) is 0 Å². The minimum atomic E-state index is -4.79. The quantitative estimate of drug-likeness (QED) is 0.774. The maximum Gasteiger partial charge on any atom is 0.573 e. The molecule has 1 unspecified atom stereocenters. The Hall–Kier alpha value is -2.23. The van der Waals surface area contributed by atoms with Crippen LogP contribution in [-0.4, -0.2) is 18.9 Å². The number of ether oxygens (including phenoxy) is 2. The number of nitrogens with zero attached hydrogens (tertiary/aromatic N) is 1. The van der Waals surface area contributed by atoms with Gasteiger partial charge in [-0.1, -0.05) is 18.6 Å². The molecule has 1 fully saturated rings. The smallest absolute Gasteiger partial charge is 0.465 e. The van der Waals surface area contributed by atoms with Crippen LogP contribution in [-0.2, 0) is 14.9 Å². The number of nitriles is 1. The van der Waals surface area contributed by atoms with E-state index >= 15 is 0 Å². The highest BCUT2D eigenvalue weighted by atomic mass is 19.4. The minimum absolute atomic E-state index is 0.143. The Balaban J connectivity index is 2.35. The van der Waals surface area contributed by atoms with Gasteiger partial charge in [0.2, 0.25) is 0 Å². The molecule has 0 N–H and O–H groups in total. The zero-order valence-electron chi connectivity index (χ0n) is 12.5. The van der Waals surface area contributed by atoms with Gasteiger partial charge in [-0.05, 0) is 37.5 Å². The normalized spacial score (nSPS) is 17.5. The third kappa shape index (κ3) is 3.58. The second-order valence-electron chi connectivity index (χ2n) is 5.40. The largest absolute Gasteiger partial charge is 0.573 e. The van der Waals surface area contributed by atoms with E-state index < -0.39 is 23.7 Å². The zero-order chi connectivity index (χ0) is 17.1. The van der Waals surface area contributed by atoms with Crippen LogP contribution in [0.25, 0.3) is 0 Å². The molecule has 0 radical (unpaired) electrons. The van der Waals surface area contributed by atoms with Gasteiger partial charge in [0.25, 0.3) is 0 Å². The van der Waals surface area contributed by atoms with Crippen molar-refractivity contribution < 1.29 is 27.4 Å². The van der Waals surface area contributed by atoms with E-state index in [9.17, 15) is 23.2 Å². The van der Waals surface area contributed by atoms with E-state index in [0.717, 1.165) is 6.42 Å². The summed E-state index contributed by atoms with van der Waals surface area (Å²) in [5.74, 6) is -2.05. The molecule has 0 saturated heterocycles. The Bertz CT molecular complexity index is 618. The van der Waals surface area contributed by atoms with Crippen LogP contribution >= 0.6 is 0 Å². The molecular weight excluding hydrogens is 311 g/mol. The van der Waals surface area contributed by atoms with Gasteiger partial charge in [-0.3, -0.25) is 4.79 Å². The highest BCUT2D eigenvalue weighted by molar-refractivity contribution is 5.78. The van der Waals surface area contributed by atoms with Crippen molar-refractivity contribution in [2.24, 2.45) is 5.92 Å². The summed E-state index contributed by atoms with van der Waals surface area (Å²) in [6, 6.07) is 7.44. The number of benzene rings is 1. The summed E-state index contributed by atoms with van der Waals surface area (Å²) in [4.78, 5) is 12.0. The molecule has 23 heavy (non-hydrogen) atoms. The number of esters is 1. The van der Waals surface area contributed by atoms with Crippen LogP contribution in [0.3, 0.4) is 0 Å². The maximum absolute atomic E-state index is 12.4. The Kier molecular flexibility index (Phi) is 4.83.